The van der Waals surface area contributed by atoms with Gasteiger partial charge in [-0.3, -0.25) is 4.79 Å². The summed E-state index contributed by atoms with van der Waals surface area (Å²) < 4.78 is 124. The molecule has 0 aliphatic heterocycles. The predicted octanol–water partition coefficient (Wildman–Crippen LogP) is 13.5. The summed E-state index contributed by atoms with van der Waals surface area (Å²) in [6.45, 7) is 19.3. The minimum absolute atomic E-state index is 0.0806. The van der Waals surface area contributed by atoms with Crippen LogP contribution >= 0.6 is 0 Å². The Morgan fingerprint density at radius 3 is 1.41 bits per heavy atom. The predicted molar refractivity (Wildman–Crippen MR) is 251 cm³/mol. The molecule has 70 heavy (non-hydrogen) atoms. The number of ether oxygens (including phenoxy) is 6. The van der Waals surface area contributed by atoms with Crippen LogP contribution in [0.4, 0.5) is 26.3 Å². The number of alkyl halides is 6. The fourth-order valence-electron chi connectivity index (χ4n) is 8.23. The molecule has 11 nitrogen and oxygen atoms in total. The quantitative estimate of drug-likeness (QED) is 0.0491. The Bertz CT molecular complexity index is 2780. The van der Waals surface area contributed by atoms with Crippen molar-refractivity contribution in [2.24, 2.45) is 16.2 Å². The van der Waals surface area contributed by atoms with Crippen molar-refractivity contribution in [1.82, 2.24) is 0 Å². The summed E-state index contributed by atoms with van der Waals surface area (Å²) >= 11 is 0. The second kappa shape index (κ2) is 20.1. The van der Waals surface area contributed by atoms with E-state index in [4.69, 9.17) is 27.8 Å². The van der Waals surface area contributed by atoms with E-state index in [1.165, 1.54) is 60.7 Å². The van der Waals surface area contributed by atoms with Gasteiger partial charge in [0, 0.05) is 40.5 Å². The number of carbonyl (C=O) groups excluding carboxylic acids is 1. The van der Waals surface area contributed by atoms with Gasteiger partial charge in [-0.25, -0.2) is 9.59 Å². The molecule has 0 amide bonds. The SMILES string of the molecule is CC(CC(C)(C)OC(=O)C(C)(CC(C)(C)C)C(C)(C)C)OC(COc1ccc2cc(-c3ccccc3OC(F)(F)F)c(=O)oc2c1)COc1ccc2cc(-c3ccccc3OC(F)(F)F)c(=O)oc2c1. The molecule has 0 bridgehead atoms. The van der Waals surface area contributed by atoms with E-state index in [-0.39, 0.29) is 75.9 Å². The van der Waals surface area contributed by atoms with E-state index >= 15 is 0 Å². The Hall–Kier alpha value is -6.49. The summed E-state index contributed by atoms with van der Waals surface area (Å²) in [5, 5.41) is 0.758. The summed E-state index contributed by atoms with van der Waals surface area (Å²) in [6.07, 6.45) is -10.5. The van der Waals surface area contributed by atoms with E-state index in [1.54, 1.807) is 45.0 Å². The van der Waals surface area contributed by atoms with Gasteiger partial charge in [0.2, 0.25) is 0 Å². The molecule has 0 saturated carbocycles. The molecule has 6 rings (SSSR count). The number of hydrogen-bond donors (Lipinski definition) is 0. The first kappa shape index (κ1) is 52.9. The van der Waals surface area contributed by atoms with Crippen molar-refractivity contribution >= 4 is 27.9 Å². The first-order valence-electron chi connectivity index (χ1n) is 22.4. The number of hydrogen-bond acceptors (Lipinski definition) is 11. The van der Waals surface area contributed by atoms with Crippen molar-refractivity contribution in [3.63, 3.8) is 0 Å². The van der Waals surface area contributed by atoms with Crippen molar-refractivity contribution in [3.05, 3.63) is 118 Å². The number of carbonyl (C=O) groups is 1. The van der Waals surface area contributed by atoms with Gasteiger partial charge < -0.3 is 37.3 Å². The van der Waals surface area contributed by atoms with Gasteiger partial charge in [0.25, 0.3) is 0 Å². The maximum atomic E-state index is 14.0. The summed E-state index contributed by atoms with van der Waals surface area (Å²) in [7, 11) is 0. The van der Waals surface area contributed by atoms with Gasteiger partial charge >= 0.3 is 29.9 Å². The molecule has 0 aliphatic rings. The fraction of sp³-hybridized carbons (Fsp3) is 0.415. The molecular formula is C53H56F6O11. The molecule has 2 heterocycles. The number of benzene rings is 4. The lowest BCUT2D eigenvalue weighted by Crippen LogP contribution is -2.47. The second-order valence-corrected chi connectivity index (χ2v) is 20.2. The monoisotopic (exact) mass is 982 g/mol. The van der Waals surface area contributed by atoms with E-state index in [2.05, 4.69) is 30.2 Å². The lowest BCUT2D eigenvalue weighted by atomic mass is 9.61. The molecule has 0 fully saturated rings. The van der Waals surface area contributed by atoms with Crippen molar-refractivity contribution in [2.75, 3.05) is 13.2 Å². The molecule has 376 valence electrons. The average molecular weight is 983 g/mol. The standard InChI is InChI=1S/C53H56F6O11/c1-31(27-50(8,9)70-47(62)51(10,49(5,6)7)30-48(2,3)4)65-36(28-63-34-21-19-32-23-39(45(60)66-43(32)25-34)37-15-11-13-17-41(37)68-52(54,55)56)29-64-35-22-20-33-24-40(46(61)67-44(33)26-35)38-16-12-14-18-42(38)69-53(57,58)59/h11-26,31,36H,27-30H2,1-10H3. The number of fused-ring (bicyclic) bond motifs is 2. The van der Waals surface area contributed by atoms with Crippen molar-refractivity contribution in [3.8, 4) is 45.3 Å². The molecule has 0 N–H and O–H groups in total. The van der Waals surface area contributed by atoms with E-state index in [0.717, 1.165) is 12.1 Å². The van der Waals surface area contributed by atoms with Crippen molar-refractivity contribution in [2.45, 2.75) is 113 Å². The van der Waals surface area contributed by atoms with Crippen LogP contribution in [0.3, 0.4) is 0 Å². The van der Waals surface area contributed by atoms with Gasteiger partial charge in [-0.15, -0.1) is 26.3 Å². The zero-order valence-electron chi connectivity index (χ0n) is 40.5. The molecule has 2 unspecified atom stereocenters. The first-order chi connectivity index (χ1) is 32.4. The van der Waals surface area contributed by atoms with E-state index < -0.39 is 64.1 Å². The maximum absolute atomic E-state index is 14.0. The molecule has 17 heteroatoms. The highest BCUT2D eigenvalue weighted by Gasteiger charge is 2.49. The molecule has 0 radical (unpaired) electrons. The summed E-state index contributed by atoms with van der Waals surface area (Å²) in [4.78, 5) is 40.4. The zero-order valence-corrected chi connectivity index (χ0v) is 40.5. The molecule has 4 aromatic carbocycles. The van der Waals surface area contributed by atoms with Crippen LogP contribution in [-0.4, -0.2) is 49.7 Å². The van der Waals surface area contributed by atoms with Gasteiger partial charge in [-0.1, -0.05) is 77.9 Å². The summed E-state index contributed by atoms with van der Waals surface area (Å²) in [5.74, 6) is -0.997. The molecule has 6 aromatic rings. The van der Waals surface area contributed by atoms with Gasteiger partial charge in [-0.05, 0) is 93.5 Å². The largest absolute Gasteiger partial charge is 0.573 e. The molecular weight excluding hydrogens is 927 g/mol. The van der Waals surface area contributed by atoms with E-state index in [9.17, 15) is 40.7 Å². The van der Waals surface area contributed by atoms with Crippen LogP contribution in [-0.2, 0) is 14.3 Å². The molecule has 2 atom stereocenters. The summed E-state index contributed by atoms with van der Waals surface area (Å²) in [5.41, 5.74) is -4.62. The van der Waals surface area contributed by atoms with Crippen LogP contribution in [0.15, 0.2) is 115 Å². The van der Waals surface area contributed by atoms with E-state index in [0.29, 0.717) is 17.2 Å². The number of esters is 1. The lowest BCUT2D eigenvalue weighted by Gasteiger charge is -2.45. The van der Waals surface area contributed by atoms with Crippen LogP contribution in [0.25, 0.3) is 44.2 Å². The highest BCUT2D eigenvalue weighted by atomic mass is 19.4. The molecule has 0 saturated heterocycles. The second-order valence-electron chi connectivity index (χ2n) is 20.2. The molecule has 2 aromatic heterocycles. The van der Waals surface area contributed by atoms with Crippen molar-refractivity contribution in [1.29, 1.82) is 0 Å². The normalized spacial score (nSPS) is 14.1. The minimum Gasteiger partial charge on any atom is -0.491 e. The first-order valence-corrected chi connectivity index (χ1v) is 22.4. The van der Waals surface area contributed by atoms with Gasteiger partial charge in [0.1, 0.15) is 59.1 Å². The van der Waals surface area contributed by atoms with Crippen LogP contribution in [0, 0.1) is 16.2 Å². The molecule has 0 spiro atoms. The average Bonchev–Trinajstić information content (AvgIpc) is 3.22. The van der Waals surface area contributed by atoms with Crippen LogP contribution in [0.2, 0.25) is 0 Å². The highest BCUT2D eigenvalue weighted by Crippen LogP contribution is 2.48. The third-order valence-electron chi connectivity index (χ3n) is 11.7. The topological polar surface area (TPSA) is 133 Å². The Balaban J connectivity index is 1.24. The third kappa shape index (κ3) is 13.6. The van der Waals surface area contributed by atoms with Gasteiger partial charge in [-0.2, -0.15) is 0 Å². The van der Waals surface area contributed by atoms with Gasteiger partial charge in [0.15, 0.2) is 0 Å². The van der Waals surface area contributed by atoms with Gasteiger partial charge in [0.05, 0.1) is 22.6 Å². The smallest absolute Gasteiger partial charge is 0.491 e. The Morgan fingerprint density at radius 1 is 0.586 bits per heavy atom. The Labute approximate surface area is 400 Å². The van der Waals surface area contributed by atoms with Crippen LogP contribution in [0.5, 0.6) is 23.0 Å². The third-order valence-corrected chi connectivity index (χ3v) is 11.7. The lowest BCUT2D eigenvalue weighted by molar-refractivity contribution is -0.275. The number of para-hydroxylation sites is 2. The molecule has 0 aliphatic carbocycles. The summed E-state index contributed by atoms with van der Waals surface area (Å²) in [6, 6.07) is 22.4. The van der Waals surface area contributed by atoms with Crippen molar-refractivity contribution < 1.29 is 68.4 Å². The maximum Gasteiger partial charge on any atom is 0.573 e. The van der Waals surface area contributed by atoms with E-state index in [1.807, 2.05) is 27.7 Å². The Morgan fingerprint density at radius 2 is 1.01 bits per heavy atom. The fourth-order valence-corrected chi connectivity index (χ4v) is 8.23. The van der Waals surface area contributed by atoms with Crippen LogP contribution in [0.1, 0.15) is 82.1 Å². The zero-order chi connectivity index (χ0) is 51.6. The highest BCUT2D eigenvalue weighted by molar-refractivity contribution is 5.85. The number of rotatable bonds is 17. The minimum atomic E-state index is -5.00. The van der Waals surface area contributed by atoms with Crippen LogP contribution < -0.4 is 30.2 Å². The Kier molecular flexibility index (Phi) is 15.2. The number of halogens is 6.